The highest BCUT2D eigenvalue weighted by Crippen LogP contribution is 2.38. The SMILES string of the molecule is CCN(CC)CCCN1C(=O)C(O)=C(C(=O)/C=C/c2ccccc2)C1c1ccc(OCc2ccccc2)cc1. The molecule has 1 atom stereocenters. The van der Waals surface area contributed by atoms with Gasteiger partial charge in [-0.05, 0) is 61.0 Å². The third kappa shape index (κ3) is 7.03. The van der Waals surface area contributed by atoms with Crippen LogP contribution in [0.5, 0.6) is 5.75 Å². The van der Waals surface area contributed by atoms with Gasteiger partial charge in [-0.1, -0.05) is 92.7 Å². The number of carbonyl (C=O) groups excluding carboxylic acids is 2. The van der Waals surface area contributed by atoms with E-state index >= 15 is 0 Å². The molecule has 0 bridgehead atoms. The summed E-state index contributed by atoms with van der Waals surface area (Å²) in [4.78, 5) is 30.5. The summed E-state index contributed by atoms with van der Waals surface area (Å²) in [6.07, 6.45) is 3.86. The smallest absolute Gasteiger partial charge is 0.290 e. The van der Waals surface area contributed by atoms with Crippen molar-refractivity contribution in [1.29, 1.82) is 0 Å². The van der Waals surface area contributed by atoms with Crippen molar-refractivity contribution in [3.8, 4) is 5.75 Å². The summed E-state index contributed by atoms with van der Waals surface area (Å²) in [7, 11) is 0. The van der Waals surface area contributed by atoms with E-state index in [-0.39, 0.29) is 11.4 Å². The van der Waals surface area contributed by atoms with Gasteiger partial charge in [0.25, 0.3) is 5.91 Å². The van der Waals surface area contributed by atoms with Crippen molar-refractivity contribution < 1.29 is 19.4 Å². The van der Waals surface area contributed by atoms with Crippen molar-refractivity contribution in [2.45, 2.75) is 32.9 Å². The van der Waals surface area contributed by atoms with E-state index in [1.165, 1.54) is 6.08 Å². The van der Waals surface area contributed by atoms with E-state index in [4.69, 9.17) is 4.74 Å². The first-order valence-corrected chi connectivity index (χ1v) is 13.5. The molecule has 0 radical (unpaired) electrons. The average molecular weight is 525 g/mol. The molecule has 202 valence electrons. The molecule has 0 fully saturated rings. The molecule has 39 heavy (non-hydrogen) atoms. The van der Waals surface area contributed by atoms with E-state index in [0.29, 0.717) is 18.9 Å². The van der Waals surface area contributed by atoms with Crippen molar-refractivity contribution >= 4 is 17.8 Å². The molecular weight excluding hydrogens is 488 g/mol. The fraction of sp³-hybridized carbons (Fsp3) is 0.273. The van der Waals surface area contributed by atoms with E-state index in [9.17, 15) is 14.7 Å². The number of benzene rings is 3. The Bertz CT molecular complexity index is 1300. The lowest BCUT2D eigenvalue weighted by Crippen LogP contribution is -2.34. The van der Waals surface area contributed by atoms with Gasteiger partial charge < -0.3 is 19.6 Å². The lowest BCUT2D eigenvalue weighted by Gasteiger charge is -2.28. The van der Waals surface area contributed by atoms with Gasteiger partial charge in [0.05, 0.1) is 11.6 Å². The molecule has 3 aromatic carbocycles. The molecule has 1 amide bonds. The zero-order valence-corrected chi connectivity index (χ0v) is 22.6. The number of carbonyl (C=O) groups is 2. The van der Waals surface area contributed by atoms with Gasteiger partial charge in [-0.2, -0.15) is 0 Å². The maximum atomic E-state index is 13.4. The maximum absolute atomic E-state index is 13.4. The van der Waals surface area contributed by atoms with Gasteiger partial charge in [-0.15, -0.1) is 0 Å². The fourth-order valence-corrected chi connectivity index (χ4v) is 4.80. The Balaban J connectivity index is 1.57. The number of hydrogen-bond acceptors (Lipinski definition) is 5. The molecule has 6 nitrogen and oxygen atoms in total. The number of rotatable bonds is 13. The molecule has 1 heterocycles. The van der Waals surface area contributed by atoms with Crippen molar-refractivity contribution in [2.75, 3.05) is 26.2 Å². The second-order valence-electron chi connectivity index (χ2n) is 9.50. The van der Waals surface area contributed by atoms with E-state index in [2.05, 4.69) is 18.7 Å². The molecule has 0 aliphatic carbocycles. The molecule has 0 aromatic heterocycles. The zero-order valence-electron chi connectivity index (χ0n) is 22.6. The Kier molecular flexibility index (Phi) is 9.70. The summed E-state index contributed by atoms with van der Waals surface area (Å²) in [5, 5.41) is 10.9. The van der Waals surface area contributed by atoms with Crippen LogP contribution in [0.1, 0.15) is 43.0 Å². The van der Waals surface area contributed by atoms with Gasteiger partial charge in [-0.25, -0.2) is 0 Å². The average Bonchev–Trinajstić information content (AvgIpc) is 3.23. The topological polar surface area (TPSA) is 70.1 Å². The van der Waals surface area contributed by atoms with Gasteiger partial charge >= 0.3 is 0 Å². The molecule has 1 aliphatic heterocycles. The molecule has 4 rings (SSSR count). The van der Waals surface area contributed by atoms with Gasteiger partial charge in [0.1, 0.15) is 12.4 Å². The summed E-state index contributed by atoms with van der Waals surface area (Å²) in [5.74, 6) is -0.689. The van der Waals surface area contributed by atoms with Crippen LogP contribution in [0, 0.1) is 0 Å². The summed E-state index contributed by atoms with van der Waals surface area (Å²) in [6, 6.07) is 26.1. The Morgan fingerprint density at radius 1 is 0.949 bits per heavy atom. The van der Waals surface area contributed by atoms with Crippen LogP contribution in [-0.4, -0.2) is 52.8 Å². The molecule has 0 spiro atoms. The minimum Gasteiger partial charge on any atom is -0.503 e. The first-order chi connectivity index (χ1) is 19.0. The van der Waals surface area contributed by atoms with Crippen molar-refractivity contribution in [1.82, 2.24) is 9.80 Å². The number of aliphatic hydroxyl groups excluding tert-OH is 1. The second kappa shape index (κ2) is 13.6. The first kappa shape index (κ1) is 27.9. The van der Waals surface area contributed by atoms with Crippen LogP contribution in [-0.2, 0) is 16.2 Å². The van der Waals surface area contributed by atoms with Gasteiger partial charge in [-0.3, -0.25) is 9.59 Å². The van der Waals surface area contributed by atoms with E-state index in [1.807, 2.05) is 84.9 Å². The van der Waals surface area contributed by atoms with E-state index in [1.54, 1.807) is 11.0 Å². The van der Waals surface area contributed by atoms with Crippen molar-refractivity contribution in [3.05, 3.63) is 119 Å². The Labute approximate surface area is 230 Å². The number of aliphatic hydroxyl groups is 1. The second-order valence-corrected chi connectivity index (χ2v) is 9.50. The molecule has 1 aliphatic rings. The Hall–Kier alpha value is -4.16. The molecule has 0 saturated carbocycles. The lowest BCUT2D eigenvalue weighted by atomic mass is 9.95. The van der Waals surface area contributed by atoms with Crippen molar-refractivity contribution in [3.63, 3.8) is 0 Å². The minimum atomic E-state index is -0.676. The number of hydrogen-bond donors (Lipinski definition) is 1. The van der Waals surface area contributed by atoms with Crippen LogP contribution in [0.4, 0.5) is 0 Å². The highest BCUT2D eigenvalue weighted by atomic mass is 16.5. The Morgan fingerprint density at radius 3 is 2.23 bits per heavy atom. The van der Waals surface area contributed by atoms with Gasteiger partial charge in [0.2, 0.25) is 0 Å². The van der Waals surface area contributed by atoms with Crippen LogP contribution in [0.2, 0.25) is 0 Å². The van der Waals surface area contributed by atoms with Gasteiger partial charge in [0, 0.05) is 6.54 Å². The number of nitrogens with zero attached hydrogens (tertiary/aromatic N) is 2. The van der Waals surface area contributed by atoms with Crippen LogP contribution < -0.4 is 4.74 Å². The summed E-state index contributed by atoms with van der Waals surface area (Å²) in [5.41, 5.74) is 2.78. The highest BCUT2D eigenvalue weighted by molar-refractivity contribution is 6.14. The molecule has 3 aromatic rings. The molecular formula is C33H36N2O4. The summed E-state index contributed by atoms with van der Waals surface area (Å²) in [6.45, 7) is 7.76. The molecule has 0 saturated heterocycles. The van der Waals surface area contributed by atoms with E-state index in [0.717, 1.165) is 42.7 Å². The largest absolute Gasteiger partial charge is 0.503 e. The van der Waals surface area contributed by atoms with Crippen LogP contribution in [0.3, 0.4) is 0 Å². The number of allylic oxidation sites excluding steroid dienone is 1. The number of amides is 1. The van der Waals surface area contributed by atoms with Gasteiger partial charge in [0.15, 0.2) is 11.5 Å². The van der Waals surface area contributed by atoms with E-state index < -0.39 is 17.7 Å². The quantitative estimate of drug-likeness (QED) is 0.279. The third-order valence-corrected chi connectivity index (χ3v) is 7.01. The number of ether oxygens (including phenoxy) is 1. The number of ketones is 1. The fourth-order valence-electron chi connectivity index (χ4n) is 4.80. The highest BCUT2D eigenvalue weighted by Gasteiger charge is 2.42. The first-order valence-electron chi connectivity index (χ1n) is 13.5. The third-order valence-electron chi connectivity index (χ3n) is 7.01. The molecule has 1 N–H and O–H groups in total. The van der Waals surface area contributed by atoms with Crippen LogP contribution in [0.25, 0.3) is 6.08 Å². The molecule has 1 unspecified atom stereocenters. The zero-order chi connectivity index (χ0) is 27.6. The van der Waals surface area contributed by atoms with Crippen LogP contribution in [0.15, 0.2) is 102 Å². The normalized spacial score (nSPS) is 15.5. The predicted molar refractivity (Wildman–Crippen MR) is 154 cm³/mol. The maximum Gasteiger partial charge on any atom is 0.290 e. The monoisotopic (exact) mass is 524 g/mol. The summed E-state index contributed by atoms with van der Waals surface area (Å²) < 4.78 is 5.93. The minimum absolute atomic E-state index is 0.105. The standard InChI is InChI=1S/C33H36N2O4/c1-3-34(4-2)22-11-23-35-31(27-17-19-28(20-18-27)39-24-26-14-9-6-10-15-26)30(32(37)33(35)38)29(36)21-16-25-12-7-5-8-13-25/h5-10,12-21,31,37H,3-4,11,22-24H2,1-2H3/b21-16+. The predicted octanol–water partition coefficient (Wildman–Crippen LogP) is 5.98. The molecule has 6 heteroatoms. The van der Waals surface area contributed by atoms with Crippen LogP contribution >= 0.6 is 0 Å². The lowest BCUT2D eigenvalue weighted by molar-refractivity contribution is -0.129. The Morgan fingerprint density at radius 2 is 1.59 bits per heavy atom. The van der Waals surface area contributed by atoms with Crippen molar-refractivity contribution in [2.24, 2.45) is 0 Å². The summed E-state index contributed by atoms with van der Waals surface area (Å²) >= 11 is 0.